The van der Waals surface area contributed by atoms with Crippen molar-refractivity contribution < 1.29 is 9.90 Å². The fourth-order valence-corrected chi connectivity index (χ4v) is 3.34. The Morgan fingerprint density at radius 3 is 2.73 bits per heavy atom. The Morgan fingerprint density at radius 2 is 2.04 bits per heavy atom. The normalized spacial score (nSPS) is 16.6. The van der Waals surface area contributed by atoms with Crippen LogP contribution in [0, 0.1) is 5.92 Å². The predicted molar refractivity (Wildman–Crippen MR) is 103 cm³/mol. The Morgan fingerprint density at radius 1 is 1.27 bits per heavy atom. The number of benzene rings is 1. The molecule has 6 heteroatoms. The van der Waals surface area contributed by atoms with Gasteiger partial charge in [0.15, 0.2) is 0 Å². The summed E-state index contributed by atoms with van der Waals surface area (Å²) < 4.78 is 0. The summed E-state index contributed by atoms with van der Waals surface area (Å²) in [4.78, 5) is 21.5. The summed E-state index contributed by atoms with van der Waals surface area (Å²) in [6, 6.07) is 5.59. The van der Waals surface area contributed by atoms with Gasteiger partial charge in [0.05, 0.1) is 18.2 Å². The highest BCUT2D eigenvalue weighted by Gasteiger charge is 2.17. The van der Waals surface area contributed by atoms with Gasteiger partial charge in [0.2, 0.25) is 5.95 Å². The predicted octanol–water partition coefficient (Wildman–Crippen LogP) is 3.12. The molecule has 0 radical (unpaired) electrons. The number of hydrogen-bond acceptors (Lipinski definition) is 5. The molecule has 0 aliphatic heterocycles. The summed E-state index contributed by atoms with van der Waals surface area (Å²) in [5.74, 6) is 0.593. The Labute approximate surface area is 154 Å². The molecule has 26 heavy (non-hydrogen) atoms. The van der Waals surface area contributed by atoms with Crippen molar-refractivity contribution >= 4 is 22.8 Å². The van der Waals surface area contributed by atoms with Crippen molar-refractivity contribution in [1.82, 2.24) is 15.3 Å². The van der Waals surface area contributed by atoms with Crippen LogP contribution < -0.4 is 10.6 Å². The molecule has 1 fully saturated rings. The van der Waals surface area contributed by atoms with Crippen molar-refractivity contribution in [2.24, 2.45) is 5.92 Å². The first-order chi connectivity index (χ1) is 12.6. The number of nitrogens with zero attached hydrogens (tertiary/aromatic N) is 2. The van der Waals surface area contributed by atoms with Crippen LogP contribution in [0.2, 0.25) is 0 Å². The summed E-state index contributed by atoms with van der Waals surface area (Å²) in [6.45, 7) is 3.87. The van der Waals surface area contributed by atoms with E-state index in [0.717, 1.165) is 23.7 Å². The number of anilines is 1. The fraction of sp³-hybridized carbons (Fsp3) is 0.550. The van der Waals surface area contributed by atoms with Gasteiger partial charge < -0.3 is 15.7 Å². The highest BCUT2D eigenvalue weighted by Crippen LogP contribution is 2.21. The molecule has 6 nitrogen and oxygen atoms in total. The van der Waals surface area contributed by atoms with Gasteiger partial charge in [-0.25, -0.2) is 9.97 Å². The van der Waals surface area contributed by atoms with E-state index < -0.39 is 0 Å². The first kappa shape index (κ1) is 18.6. The molecule has 3 rings (SSSR count). The maximum atomic E-state index is 12.5. The molecular formula is C20H28N4O2. The second-order valence-electron chi connectivity index (χ2n) is 7.45. The quantitative estimate of drug-likeness (QED) is 0.740. The molecule has 0 saturated heterocycles. The molecular weight excluding hydrogens is 328 g/mol. The number of carbonyl (C=O) groups excluding carboxylic acids is 1. The van der Waals surface area contributed by atoms with Gasteiger partial charge in [-0.1, -0.05) is 39.2 Å². The zero-order chi connectivity index (χ0) is 18.5. The van der Waals surface area contributed by atoms with Crippen molar-refractivity contribution in [3.8, 4) is 0 Å². The highest BCUT2D eigenvalue weighted by molar-refractivity contribution is 5.98. The summed E-state index contributed by atoms with van der Waals surface area (Å²) in [5, 5.41) is 16.6. The number of aliphatic hydroxyl groups is 1. The van der Waals surface area contributed by atoms with E-state index in [4.69, 9.17) is 0 Å². The van der Waals surface area contributed by atoms with Gasteiger partial charge in [-0.2, -0.15) is 0 Å². The molecule has 0 spiro atoms. The largest absolute Gasteiger partial charge is 0.394 e. The van der Waals surface area contributed by atoms with Crippen molar-refractivity contribution in [2.45, 2.75) is 58.0 Å². The van der Waals surface area contributed by atoms with Gasteiger partial charge in [-0.15, -0.1) is 0 Å². The second-order valence-corrected chi connectivity index (χ2v) is 7.45. The lowest BCUT2D eigenvalue weighted by Crippen LogP contribution is -2.41. The number of amides is 1. The number of aliphatic hydroxyl groups excluding tert-OH is 1. The number of fused-ring (bicyclic) bond motifs is 1. The summed E-state index contributed by atoms with van der Waals surface area (Å²) in [6.07, 6.45) is 7.90. The molecule has 1 saturated carbocycles. The topological polar surface area (TPSA) is 87.1 Å². The van der Waals surface area contributed by atoms with E-state index in [1.54, 1.807) is 18.3 Å². The van der Waals surface area contributed by atoms with Crippen LogP contribution in [0.4, 0.5) is 5.95 Å². The van der Waals surface area contributed by atoms with E-state index in [1.807, 2.05) is 19.9 Å². The highest BCUT2D eigenvalue weighted by atomic mass is 16.3. The first-order valence-electron chi connectivity index (χ1n) is 9.52. The van der Waals surface area contributed by atoms with E-state index in [2.05, 4.69) is 20.6 Å². The fourth-order valence-electron chi connectivity index (χ4n) is 3.34. The van der Waals surface area contributed by atoms with Gasteiger partial charge in [-0.3, -0.25) is 4.79 Å². The number of rotatable bonds is 6. The zero-order valence-electron chi connectivity index (χ0n) is 15.5. The minimum atomic E-state index is -0.257. The molecule has 2 aromatic rings. The summed E-state index contributed by atoms with van der Waals surface area (Å²) in [7, 11) is 0. The van der Waals surface area contributed by atoms with Crippen molar-refractivity contribution in [2.75, 3.05) is 11.9 Å². The molecule has 1 aromatic carbocycles. The summed E-state index contributed by atoms with van der Waals surface area (Å²) in [5.41, 5.74) is 1.29. The molecule has 1 atom stereocenters. The maximum absolute atomic E-state index is 12.5. The minimum absolute atomic E-state index is 0.0748. The van der Waals surface area contributed by atoms with Crippen LogP contribution in [0.1, 0.15) is 56.3 Å². The van der Waals surface area contributed by atoms with Crippen molar-refractivity contribution in [3.63, 3.8) is 0 Å². The van der Waals surface area contributed by atoms with Crippen LogP contribution in [0.5, 0.6) is 0 Å². The Kier molecular flexibility index (Phi) is 6.04. The monoisotopic (exact) mass is 356 g/mol. The first-order valence-corrected chi connectivity index (χ1v) is 9.52. The zero-order valence-corrected chi connectivity index (χ0v) is 15.5. The average molecular weight is 356 g/mol. The van der Waals surface area contributed by atoms with Gasteiger partial charge >= 0.3 is 0 Å². The molecule has 1 aliphatic carbocycles. The lowest BCUT2D eigenvalue weighted by molar-refractivity contribution is 0.0897. The molecule has 1 aromatic heterocycles. The van der Waals surface area contributed by atoms with Gasteiger partial charge in [0, 0.05) is 23.2 Å². The standard InChI is InChI=1S/C20H28N4O2/c1-13(2)18(12-25)23-19(26)14-8-9-15-11-21-20(24-17(15)10-14)22-16-6-4-3-5-7-16/h8-11,13,16,18,25H,3-7,12H2,1-2H3,(H,23,26)(H,21,22,24)/t18-/m1/s1. The third-order valence-corrected chi connectivity index (χ3v) is 5.10. The molecule has 1 heterocycles. The van der Waals surface area contributed by atoms with Crippen molar-refractivity contribution in [3.05, 3.63) is 30.0 Å². The average Bonchev–Trinajstić information content (AvgIpc) is 2.66. The smallest absolute Gasteiger partial charge is 0.251 e. The van der Waals surface area contributed by atoms with Crippen LogP contribution in [0.15, 0.2) is 24.4 Å². The lowest BCUT2D eigenvalue weighted by atomic mass is 9.96. The number of carbonyl (C=O) groups is 1. The Hall–Kier alpha value is -2.21. The van der Waals surface area contributed by atoms with Crippen LogP contribution >= 0.6 is 0 Å². The van der Waals surface area contributed by atoms with Crippen molar-refractivity contribution in [1.29, 1.82) is 0 Å². The third kappa shape index (κ3) is 4.49. The molecule has 140 valence electrons. The Balaban J connectivity index is 1.76. The van der Waals surface area contributed by atoms with Gasteiger partial charge in [0.1, 0.15) is 0 Å². The molecule has 1 aliphatic rings. The molecule has 3 N–H and O–H groups in total. The van der Waals surface area contributed by atoms with Gasteiger partial charge in [-0.05, 0) is 30.9 Å². The molecule has 0 unspecified atom stereocenters. The second kappa shape index (κ2) is 8.45. The molecule has 1 amide bonds. The lowest BCUT2D eigenvalue weighted by Gasteiger charge is -2.22. The van der Waals surface area contributed by atoms with Crippen LogP contribution in [0.25, 0.3) is 10.9 Å². The van der Waals surface area contributed by atoms with E-state index in [-0.39, 0.29) is 24.5 Å². The number of nitrogens with one attached hydrogen (secondary N) is 2. The van der Waals surface area contributed by atoms with Crippen LogP contribution in [-0.2, 0) is 0 Å². The van der Waals surface area contributed by atoms with E-state index >= 15 is 0 Å². The van der Waals surface area contributed by atoms with Gasteiger partial charge in [0.25, 0.3) is 5.91 Å². The van der Waals surface area contributed by atoms with Crippen LogP contribution in [0.3, 0.4) is 0 Å². The van der Waals surface area contributed by atoms with E-state index in [0.29, 0.717) is 17.6 Å². The maximum Gasteiger partial charge on any atom is 0.251 e. The van der Waals surface area contributed by atoms with E-state index in [1.165, 1.54) is 19.3 Å². The minimum Gasteiger partial charge on any atom is -0.394 e. The Bertz CT molecular complexity index is 757. The SMILES string of the molecule is CC(C)[C@@H](CO)NC(=O)c1ccc2cnc(NC3CCCCC3)nc2c1. The van der Waals surface area contributed by atoms with E-state index in [9.17, 15) is 9.90 Å². The summed E-state index contributed by atoms with van der Waals surface area (Å²) >= 11 is 0. The number of aromatic nitrogens is 2. The van der Waals surface area contributed by atoms with Crippen LogP contribution in [-0.4, -0.2) is 39.7 Å². The molecule has 0 bridgehead atoms. The number of hydrogen-bond donors (Lipinski definition) is 3. The third-order valence-electron chi connectivity index (χ3n) is 5.10.